The second-order valence-corrected chi connectivity index (χ2v) is 23.6. The molecule has 28 nitrogen and oxygen atoms in total. The SMILES string of the molecule is C=C1C[C@@]23CC[C@H]4[C@@](C)(CCC[C@@]4(C)C(=O)O[C@@H]4O[C@H](CO)[C@@H](O)[C@H](O)[C@H]4O)[C@@H]2CC[C@]1(O[C@@H]1O[C@H](CO)[C@@H](O)[C@H](O)[C@H]1O[C@@H]1O[C@H](CO)[C@@H](O[C@H]2O[C@H](CO)[C@@H](O[C@H]4O[C@H](CO)[C@@H](O)[C@H](O)[C@H]4O)[C@H](O)[C@H]2O)[C@H](O)[C@H]1O)C3. The number of aliphatic hydroxyl groups excluding tert-OH is 17. The Kier molecular flexibility index (Phi) is 18.2. The number of esters is 1. The summed E-state index contributed by atoms with van der Waals surface area (Å²) >= 11 is 0. The number of aliphatic hydroxyl groups is 17. The summed E-state index contributed by atoms with van der Waals surface area (Å²) in [6.07, 6.45) is -39.0. The zero-order valence-corrected chi connectivity index (χ0v) is 43.3. The Balaban J connectivity index is 0.876. The molecule has 9 aliphatic rings. The number of hydrogen-bond donors (Lipinski definition) is 17. The molecule has 5 heterocycles. The maximum absolute atomic E-state index is 14.3. The Bertz CT molecular complexity index is 2070. The van der Waals surface area contributed by atoms with E-state index in [2.05, 4.69) is 13.5 Å². The second kappa shape index (κ2) is 23.3. The van der Waals surface area contributed by atoms with E-state index < -0.39 is 214 Å². The van der Waals surface area contributed by atoms with Crippen LogP contribution in [0, 0.1) is 28.1 Å². The van der Waals surface area contributed by atoms with Crippen LogP contribution >= 0.6 is 0 Å². The first-order valence-electron chi connectivity index (χ1n) is 26.9. The van der Waals surface area contributed by atoms with Gasteiger partial charge in [-0.15, -0.1) is 0 Å². The van der Waals surface area contributed by atoms with Gasteiger partial charge in [0, 0.05) is 0 Å². The minimum absolute atomic E-state index is 0.0263. The molecular weight excluding hydrogens is 1050 g/mol. The molecule has 4 saturated carbocycles. The van der Waals surface area contributed by atoms with E-state index in [1.54, 1.807) is 0 Å². The van der Waals surface area contributed by atoms with Crippen LogP contribution in [0.4, 0.5) is 0 Å². The maximum Gasteiger partial charge on any atom is 0.314 e. The predicted molar refractivity (Wildman–Crippen MR) is 252 cm³/mol. The van der Waals surface area contributed by atoms with Crippen LogP contribution in [0.15, 0.2) is 12.2 Å². The van der Waals surface area contributed by atoms with E-state index >= 15 is 0 Å². The van der Waals surface area contributed by atoms with E-state index in [9.17, 15) is 91.6 Å². The molecule has 2 bridgehead atoms. The molecule has 9 rings (SSSR count). The highest BCUT2D eigenvalue weighted by molar-refractivity contribution is 5.77. The summed E-state index contributed by atoms with van der Waals surface area (Å²) in [7, 11) is 0. The summed E-state index contributed by atoms with van der Waals surface area (Å²) in [6, 6.07) is 0. The van der Waals surface area contributed by atoms with Crippen molar-refractivity contribution in [2.24, 2.45) is 28.1 Å². The number of carbonyl (C=O) groups is 1. The molecule has 0 amide bonds. The molecule has 0 radical (unpaired) electrons. The summed E-state index contributed by atoms with van der Waals surface area (Å²) in [5.74, 6) is -0.814. The normalized spacial score (nSPS) is 54.5. The number of hydrogen-bond acceptors (Lipinski definition) is 28. The van der Waals surface area contributed by atoms with E-state index in [0.29, 0.717) is 56.9 Å². The van der Waals surface area contributed by atoms with Gasteiger partial charge >= 0.3 is 5.97 Å². The average molecular weight is 1130 g/mol. The molecule has 448 valence electrons. The van der Waals surface area contributed by atoms with Gasteiger partial charge in [-0.2, -0.15) is 0 Å². The maximum atomic E-state index is 14.3. The smallest absolute Gasteiger partial charge is 0.314 e. The summed E-state index contributed by atoms with van der Waals surface area (Å²) < 4.78 is 58.8. The second-order valence-electron chi connectivity index (χ2n) is 23.6. The highest BCUT2D eigenvalue weighted by Crippen LogP contribution is 2.74. The Morgan fingerprint density at radius 1 is 0.487 bits per heavy atom. The molecule has 0 aromatic heterocycles. The Hall–Kier alpha value is -1.83. The minimum atomic E-state index is -2.09. The van der Waals surface area contributed by atoms with Crippen LogP contribution in [-0.4, -0.2) is 285 Å². The van der Waals surface area contributed by atoms with Crippen LogP contribution in [0.5, 0.6) is 0 Å². The van der Waals surface area contributed by atoms with Gasteiger partial charge in [-0.25, -0.2) is 0 Å². The first-order chi connectivity index (χ1) is 36.9. The highest BCUT2D eigenvalue weighted by atomic mass is 16.8. The van der Waals surface area contributed by atoms with Gasteiger partial charge in [0.15, 0.2) is 25.2 Å². The van der Waals surface area contributed by atoms with Crippen molar-refractivity contribution in [2.75, 3.05) is 33.0 Å². The van der Waals surface area contributed by atoms with E-state index in [0.717, 1.165) is 6.42 Å². The third-order valence-electron chi connectivity index (χ3n) is 19.2. The van der Waals surface area contributed by atoms with Gasteiger partial charge in [0.25, 0.3) is 0 Å². The Morgan fingerprint density at radius 2 is 0.897 bits per heavy atom. The van der Waals surface area contributed by atoms with Crippen LogP contribution in [0.3, 0.4) is 0 Å². The largest absolute Gasteiger partial charge is 0.432 e. The van der Waals surface area contributed by atoms with E-state index in [1.165, 1.54) is 0 Å². The molecule has 28 heteroatoms. The lowest BCUT2D eigenvalue weighted by Crippen LogP contribution is -2.67. The first-order valence-corrected chi connectivity index (χ1v) is 26.9. The molecule has 17 N–H and O–H groups in total. The van der Waals surface area contributed by atoms with Gasteiger partial charge in [0.05, 0.1) is 44.1 Å². The van der Waals surface area contributed by atoms with Crippen molar-refractivity contribution in [1.82, 2.24) is 0 Å². The van der Waals surface area contributed by atoms with Crippen molar-refractivity contribution in [3.8, 4) is 0 Å². The van der Waals surface area contributed by atoms with Crippen LogP contribution in [0.2, 0.25) is 0 Å². The van der Waals surface area contributed by atoms with Crippen molar-refractivity contribution in [2.45, 2.75) is 231 Å². The van der Waals surface area contributed by atoms with Crippen LogP contribution in [0.25, 0.3) is 0 Å². The lowest BCUT2D eigenvalue weighted by Gasteiger charge is -2.64. The molecule has 1 spiro atoms. The lowest BCUT2D eigenvalue weighted by molar-refractivity contribution is -0.395. The number of rotatable bonds is 15. The minimum Gasteiger partial charge on any atom is -0.432 e. The van der Waals surface area contributed by atoms with Crippen LogP contribution in [0.1, 0.15) is 71.6 Å². The van der Waals surface area contributed by atoms with Gasteiger partial charge in [-0.3, -0.25) is 4.79 Å². The summed E-state index contributed by atoms with van der Waals surface area (Å²) in [6.45, 7) is 4.35. The average Bonchev–Trinajstić information content (AvgIpc) is 3.56. The predicted octanol–water partition coefficient (Wildman–Crippen LogP) is -7.29. The molecule has 0 aromatic rings. The van der Waals surface area contributed by atoms with E-state index in [-0.39, 0.29) is 11.8 Å². The topological polar surface area (TPSA) is 453 Å². The van der Waals surface area contributed by atoms with E-state index in [4.69, 9.17) is 47.4 Å². The number of ether oxygens (including phenoxy) is 10. The van der Waals surface area contributed by atoms with Gasteiger partial charge in [0.1, 0.15) is 122 Å². The number of fused-ring (bicyclic) bond motifs is 3. The molecule has 9 fully saturated rings. The summed E-state index contributed by atoms with van der Waals surface area (Å²) in [5, 5.41) is 181. The first kappa shape index (κ1) is 60.8. The van der Waals surface area contributed by atoms with Crippen molar-refractivity contribution in [3.05, 3.63) is 12.2 Å². The molecule has 78 heavy (non-hydrogen) atoms. The van der Waals surface area contributed by atoms with Crippen molar-refractivity contribution < 1.29 is 139 Å². The zero-order chi connectivity index (χ0) is 56.7. The van der Waals surface area contributed by atoms with Crippen molar-refractivity contribution in [1.29, 1.82) is 0 Å². The summed E-state index contributed by atoms with van der Waals surface area (Å²) in [5.41, 5.74) is -2.31. The van der Waals surface area contributed by atoms with Gasteiger partial charge in [-0.1, -0.05) is 19.9 Å². The quantitative estimate of drug-likeness (QED) is 0.0411. The molecule has 0 aromatic carbocycles. The lowest BCUT2D eigenvalue weighted by atomic mass is 9.41. The molecule has 31 atom stereocenters. The fourth-order valence-corrected chi connectivity index (χ4v) is 15.0. The van der Waals surface area contributed by atoms with Crippen molar-refractivity contribution in [3.63, 3.8) is 0 Å². The van der Waals surface area contributed by atoms with Crippen molar-refractivity contribution >= 4 is 5.97 Å². The monoisotopic (exact) mass is 1130 g/mol. The standard InChI is InChI=1S/C50H80O28/c1-18-11-49-9-5-24-47(2,7-4-8-48(24,3)46(68)77-44-35(65)30(60)27(57)20(13-52)70-44)25(49)6-10-50(18,17-49)78-45-40(31(61)28(58)21(14-53)71-45)76-43-37(67)33(63)39(23(16-55)73-43)75-42-36(66)32(62)38(22(15-54)72-42)74-41-34(64)29(59)26(56)19(12-51)69-41/h19-45,51-67H,1,4-17H2,2-3H3/t19-,20-,21-,22-,23-,24+,25+,26-,27-,28-,29+,30+,31+,32-,33-,34-,35-,36-,37-,38-,39-,40-,41-,42-,43+,44+,45+,47-,48-,49-,50+/m1/s1. The summed E-state index contributed by atoms with van der Waals surface area (Å²) in [4.78, 5) is 14.3. The third kappa shape index (κ3) is 10.3. The fourth-order valence-electron chi connectivity index (χ4n) is 15.0. The Morgan fingerprint density at radius 3 is 1.41 bits per heavy atom. The molecule has 4 aliphatic carbocycles. The van der Waals surface area contributed by atoms with Crippen LogP contribution < -0.4 is 0 Å². The van der Waals surface area contributed by atoms with Gasteiger partial charge < -0.3 is 134 Å². The Labute approximate surface area is 448 Å². The van der Waals surface area contributed by atoms with Gasteiger partial charge in [-0.05, 0) is 86.5 Å². The highest BCUT2D eigenvalue weighted by Gasteiger charge is 2.70. The molecular formula is C50H80O28. The van der Waals surface area contributed by atoms with E-state index in [1.807, 2.05) is 6.92 Å². The number of carbonyl (C=O) groups excluding carboxylic acids is 1. The zero-order valence-electron chi connectivity index (χ0n) is 43.3. The third-order valence-corrected chi connectivity index (χ3v) is 19.2. The van der Waals surface area contributed by atoms with Gasteiger partial charge in [0.2, 0.25) is 6.29 Å². The fraction of sp³-hybridized carbons (Fsp3) is 0.940. The van der Waals surface area contributed by atoms with Crippen LogP contribution in [-0.2, 0) is 52.2 Å². The molecule has 5 aliphatic heterocycles. The molecule has 0 unspecified atom stereocenters. The molecule has 5 saturated heterocycles.